The Balaban J connectivity index is 1.62. The molecule has 3 rings (SSSR count). The number of hydrogen-bond acceptors (Lipinski definition) is 4. The lowest BCUT2D eigenvalue weighted by Gasteiger charge is -2.14. The van der Waals surface area contributed by atoms with E-state index in [4.69, 9.17) is 14.2 Å². The van der Waals surface area contributed by atoms with E-state index in [2.05, 4.69) is 26.6 Å². The summed E-state index contributed by atoms with van der Waals surface area (Å²) in [7, 11) is 3.18. The highest BCUT2D eigenvalue weighted by Crippen LogP contribution is 2.31. The lowest BCUT2D eigenvalue weighted by atomic mass is 10.2. The SMILES string of the molecule is COc1cc(Br)ccc1CNC(=O)Nc1ccc(OC)c(OCc2ccccc2)c1. The molecule has 30 heavy (non-hydrogen) atoms. The van der Waals surface area contributed by atoms with Crippen LogP contribution in [0.2, 0.25) is 0 Å². The van der Waals surface area contributed by atoms with Crippen molar-refractivity contribution in [1.82, 2.24) is 5.32 Å². The van der Waals surface area contributed by atoms with Crippen molar-refractivity contribution in [1.29, 1.82) is 0 Å². The minimum absolute atomic E-state index is 0.329. The summed E-state index contributed by atoms with van der Waals surface area (Å²) in [6, 6.07) is 20.4. The summed E-state index contributed by atoms with van der Waals surface area (Å²) in [4.78, 5) is 12.4. The van der Waals surface area contributed by atoms with Crippen LogP contribution in [0.5, 0.6) is 17.2 Å². The van der Waals surface area contributed by atoms with Gasteiger partial charge in [0, 0.05) is 28.3 Å². The van der Waals surface area contributed by atoms with Crippen molar-refractivity contribution in [2.45, 2.75) is 13.2 Å². The van der Waals surface area contributed by atoms with Crippen molar-refractivity contribution in [3.8, 4) is 17.2 Å². The number of carbonyl (C=O) groups is 1. The molecule has 0 atom stereocenters. The maximum Gasteiger partial charge on any atom is 0.319 e. The topological polar surface area (TPSA) is 68.8 Å². The van der Waals surface area contributed by atoms with Gasteiger partial charge in [0.2, 0.25) is 0 Å². The molecule has 0 aliphatic heterocycles. The number of nitrogens with one attached hydrogen (secondary N) is 2. The molecule has 0 saturated heterocycles. The van der Waals surface area contributed by atoms with Gasteiger partial charge in [-0.3, -0.25) is 0 Å². The molecule has 2 amide bonds. The van der Waals surface area contributed by atoms with Crippen LogP contribution in [0.25, 0.3) is 0 Å². The molecule has 0 aromatic heterocycles. The van der Waals surface area contributed by atoms with E-state index in [0.717, 1.165) is 15.6 Å². The minimum atomic E-state index is -0.334. The summed E-state index contributed by atoms with van der Waals surface area (Å²) >= 11 is 3.41. The number of hydrogen-bond donors (Lipinski definition) is 2. The first-order valence-corrected chi connectivity index (χ1v) is 10.1. The number of carbonyl (C=O) groups excluding carboxylic acids is 1. The van der Waals surface area contributed by atoms with Gasteiger partial charge in [-0.2, -0.15) is 0 Å². The number of ether oxygens (including phenoxy) is 3. The third-order valence-electron chi connectivity index (χ3n) is 4.35. The summed E-state index contributed by atoms with van der Waals surface area (Å²) in [5, 5.41) is 5.65. The maximum atomic E-state index is 12.4. The molecule has 0 heterocycles. The minimum Gasteiger partial charge on any atom is -0.496 e. The van der Waals surface area contributed by atoms with Crippen LogP contribution in [-0.4, -0.2) is 20.3 Å². The molecule has 3 aromatic rings. The second-order valence-corrected chi connectivity index (χ2v) is 7.32. The Morgan fingerprint density at radius 2 is 1.67 bits per heavy atom. The van der Waals surface area contributed by atoms with E-state index in [1.165, 1.54) is 0 Å². The Bertz CT molecular complexity index is 996. The summed E-state index contributed by atoms with van der Waals surface area (Å²) in [6.45, 7) is 0.728. The quantitative estimate of drug-likeness (QED) is 0.464. The second-order valence-electron chi connectivity index (χ2n) is 6.40. The Morgan fingerprint density at radius 3 is 2.40 bits per heavy atom. The third-order valence-corrected chi connectivity index (χ3v) is 4.84. The number of methoxy groups -OCH3 is 2. The molecule has 0 radical (unpaired) electrons. The first-order chi connectivity index (χ1) is 14.6. The van der Waals surface area contributed by atoms with Gasteiger partial charge in [-0.05, 0) is 29.8 Å². The molecule has 0 unspecified atom stereocenters. The van der Waals surface area contributed by atoms with Gasteiger partial charge in [0.25, 0.3) is 0 Å². The van der Waals surface area contributed by atoms with E-state index in [1.807, 2.05) is 48.5 Å². The van der Waals surface area contributed by atoms with Crippen LogP contribution in [0.4, 0.5) is 10.5 Å². The monoisotopic (exact) mass is 470 g/mol. The lowest BCUT2D eigenvalue weighted by molar-refractivity contribution is 0.251. The molecule has 0 aliphatic carbocycles. The average Bonchev–Trinajstić information content (AvgIpc) is 2.77. The largest absolute Gasteiger partial charge is 0.496 e. The van der Waals surface area contributed by atoms with Gasteiger partial charge >= 0.3 is 6.03 Å². The fraction of sp³-hybridized carbons (Fsp3) is 0.174. The Morgan fingerprint density at radius 1 is 0.900 bits per heavy atom. The van der Waals surface area contributed by atoms with Crippen molar-refractivity contribution in [2.24, 2.45) is 0 Å². The first-order valence-electron chi connectivity index (χ1n) is 9.31. The molecule has 0 spiro atoms. The average molecular weight is 471 g/mol. The van der Waals surface area contributed by atoms with Crippen LogP contribution < -0.4 is 24.8 Å². The van der Waals surface area contributed by atoms with E-state index in [0.29, 0.717) is 36.1 Å². The maximum absolute atomic E-state index is 12.4. The zero-order valence-electron chi connectivity index (χ0n) is 16.8. The smallest absolute Gasteiger partial charge is 0.319 e. The molecule has 0 aliphatic rings. The van der Waals surface area contributed by atoms with Crippen molar-refractivity contribution < 1.29 is 19.0 Å². The van der Waals surface area contributed by atoms with E-state index in [-0.39, 0.29) is 6.03 Å². The highest BCUT2D eigenvalue weighted by atomic mass is 79.9. The molecule has 0 saturated carbocycles. The summed E-state index contributed by atoms with van der Waals surface area (Å²) < 4.78 is 17.5. The third kappa shape index (κ3) is 5.90. The summed E-state index contributed by atoms with van der Waals surface area (Å²) in [5.41, 5.74) is 2.51. The molecule has 0 bridgehead atoms. The Hall–Kier alpha value is -3.19. The van der Waals surface area contributed by atoms with Crippen LogP contribution >= 0.6 is 15.9 Å². The standard InChI is InChI=1S/C23H23BrN2O4/c1-28-20-11-10-19(13-22(20)30-15-16-6-4-3-5-7-16)26-23(27)25-14-17-8-9-18(24)12-21(17)29-2/h3-13H,14-15H2,1-2H3,(H2,25,26,27). The molecule has 6 nitrogen and oxygen atoms in total. The summed E-state index contributed by atoms with van der Waals surface area (Å²) in [6.07, 6.45) is 0. The van der Waals surface area contributed by atoms with E-state index < -0.39 is 0 Å². The van der Waals surface area contributed by atoms with Crippen LogP contribution in [-0.2, 0) is 13.2 Å². The molecular formula is C23H23BrN2O4. The van der Waals surface area contributed by atoms with Gasteiger partial charge in [-0.25, -0.2) is 4.79 Å². The van der Waals surface area contributed by atoms with Crippen molar-refractivity contribution >= 4 is 27.6 Å². The fourth-order valence-corrected chi connectivity index (χ4v) is 3.16. The number of rotatable bonds is 8. The van der Waals surface area contributed by atoms with Gasteiger partial charge in [0.1, 0.15) is 12.4 Å². The van der Waals surface area contributed by atoms with Crippen molar-refractivity contribution in [3.05, 3.63) is 82.3 Å². The fourth-order valence-electron chi connectivity index (χ4n) is 2.82. The predicted octanol–water partition coefficient (Wildman–Crippen LogP) is 5.37. The van der Waals surface area contributed by atoms with E-state index in [1.54, 1.807) is 32.4 Å². The number of benzene rings is 3. The van der Waals surface area contributed by atoms with Crippen LogP contribution in [0.15, 0.2) is 71.2 Å². The van der Waals surface area contributed by atoms with Gasteiger partial charge in [0.05, 0.1) is 14.2 Å². The molecular weight excluding hydrogens is 448 g/mol. The zero-order chi connectivity index (χ0) is 21.3. The van der Waals surface area contributed by atoms with Crippen LogP contribution in [0.1, 0.15) is 11.1 Å². The van der Waals surface area contributed by atoms with Gasteiger partial charge in [-0.1, -0.05) is 52.3 Å². The van der Waals surface area contributed by atoms with Crippen LogP contribution in [0, 0.1) is 0 Å². The predicted molar refractivity (Wildman–Crippen MR) is 120 cm³/mol. The van der Waals surface area contributed by atoms with E-state index >= 15 is 0 Å². The highest BCUT2D eigenvalue weighted by molar-refractivity contribution is 9.10. The Kier molecular flexibility index (Phi) is 7.57. The highest BCUT2D eigenvalue weighted by Gasteiger charge is 2.10. The van der Waals surface area contributed by atoms with Gasteiger partial charge < -0.3 is 24.8 Å². The number of amides is 2. The molecule has 2 N–H and O–H groups in total. The number of anilines is 1. The lowest BCUT2D eigenvalue weighted by Crippen LogP contribution is -2.28. The Labute approximate surface area is 184 Å². The van der Waals surface area contributed by atoms with Crippen LogP contribution in [0.3, 0.4) is 0 Å². The van der Waals surface area contributed by atoms with Crippen molar-refractivity contribution in [2.75, 3.05) is 19.5 Å². The number of urea groups is 1. The molecule has 0 fully saturated rings. The van der Waals surface area contributed by atoms with Gasteiger partial charge in [0.15, 0.2) is 11.5 Å². The second kappa shape index (κ2) is 10.5. The molecule has 3 aromatic carbocycles. The molecule has 7 heteroatoms. The normalized spacial score (nSPS) is 10.2. The zero-order valence-corrected chi connectivity index (χ0v) is 18.4. The summed E-state index contributed by atoms with van der Waals surface area (Å²) in [5.74, 6) is 1.84. The number of halogens is 1. The van der Waals surface area contributed by atoms with Gasteiger partial charge in [-0.15, -0.1) is 0 Å². The van der Waals surface area contributed by atoms with Crippen molar-refractivity contribution in [3.63, 3.8) is 0 Å². The molecule has 156 valence electrons. The first kappa shape index (κ1) is 21.5. The van der Waals surface area contributed by atoms with E-state index in [9.17, 15) is 4.79 Å².